The van der Waals surface area contributed by atoms with E-state index in [0.29, 0.717) is 19.5 Å². The van der Waals surface area contributed by atoms with E-state index in [2.05, 4.69) is 5.32 Å². The first-order valence-corrected chi connectivity index (χ1v) is 10.2. The summed E-state index contributed by atoms with van der Waals surface area (Å²) in [4.78, 5) is 12.2. The monoisotopic (exact) mass is 352 g/mol. The molecule has 0 atom stereocenters. The highest BCUT2D eigenvalue weighted by Crippen LogP contribution is 2.26. The molecule has 24 heavy (non-hydrogen) atoms. The van der Waals surface area contributed by atoms with Gasteiger partial charge in [-0.15, -0.1) is 0 Å². The summed E-state index contributed by atoms with van der Waals surface area (Å²) in [5.41, 5.74) is 0.818. The van der Waals surface area contributed by atoms with Crippen molar-refractivity contribution < 1.29 is 13.2 Å². The fourth-order valence-corrected chi connectivity index (χ4v) is 4.48. The molecule has 2 rings (SSSR count). The lowest BCUT2D eigenvalue weighted by Gasteiger charge is -2.26. The second kappa shape index (κ2) is 8.12. The number of nitrogens with one attached hydrogen (secondary N) is 1. The van der Waals surface area contributed by atoms with Crippen LogP contribution in [0.1, 0.15) is 45.1 Å². The Kier molecular flexibility index (Phi) is 6.40. The fraction of sp³-hybridized carbons (Fsp3) is 0.611. The van der Waals surface area contributed by atoms with Crippen molar-refractivity contribution in [2.45, 2.75) is 44.9 Å². The highest BCUT2D eigenvalue weighted by atomic mass is 32.2. The Balaban J connectivity index is 1.81. The molecular weight excluding hydrogens is 324 g/mol. The summed E-state index contributed by atoms with van der Waals surface area (Å²) in [5.74, 6) is -0.137. The molecule has 0 spiro atoms. The second-order valence-corrected chi connectivity index (χ2v) is 9.14. The van der Waals surface area contributed by atoms with Crippen molar-refractivity contribution in [2.75, 3.05) is 25.4 Å². The van der Waals surface area contributed by atoms with Crippen molar-refractivity contribution >= 4 is 15.9 Å². The maximum Gasteiger partial charge on any atom is 0.220 e. The third-order valence-corrected chi connectivity index (χ3v) is 6.42. The maximum atomic E-state index is 12.2. The molecule has 1 N–H and O–H groups in total. The predicted octanol–water partition coefficient (Wildman–Crippen LogP) is 2.29. The van der Waals surface area contributed by atoms with Crippen LogP contribution in [0.3, 0.4) is 0 Å². The van der Waals surface area contributed by atoms with E-state index in [1.807, 2.05) is 44.2 Å². The Morgan fingerprint density at radius 2 is 1.75 bits per heavy atom. The van der Waals surface area contributed by atoms with Gasteiger partial charge in [-0.3, -0.25) is 4.79 Å². The van der Waals surface area contributed by atoms with Gasteiger partial charge in [0.25, 0.3) is 0 Å². The van der Waals surface area contributed by atoms with Gasteiger partial charge in [0, 0.05) is 26.1 Å². The molecule has 0 aliphatic carbocycles. The summed E-state index contributed by atoms with van der Waals surface area (Å²) in [5, 5.41) is 2.76. The van der Waals surface area contributed by atoms with Gasteiger partial charge in [0.05, 0.1) is 5.75 Å². The van der Waals surface area contributed by atoms with E-state index in [4.69, 9.17) is 0 Å². The molecule has 134 valence electrons. The van der Waals surface area contributed by atoms with E-state index < -0.39 is 10.0 Å². The lowest BCUT2D eigenvalue weighted by Crippen LogP contribution is -2.41. The molecule has 1 fully saturated rings. The summed E-state index contributed by atoms with van der Waals surface area (Å²) in [6.45, 7) is 5.43. The van der Waals surface area contributed by atoms with Crippen LogP contribution in [0.15, 0.2) is 30.3 Å². The van der Waals surface area contributed by atoms with Gasteiger partial charge < -0.3 is 5.32 Å². The van der Waals surface area contributed by atoms with Gasteiger partial charge in [-0.05, 0) is 23.8 Å². The van der Waals surface area contributed by atoms with Crippen molar-refractivity contribution in [2.24, 2.45) is 0 Å². The van der Waals surface area contributed by atoms with E-state index in [1.54, 1.807) is 4.31 Å². The lowest BCUT2D eigenvalue weighted by molar-refractivity contribution is -0.122. The molecular formula is C18H28N2O3S. The first-order chi connectivity index (χ1) is 11.3. The van der Waals surface area contributed by atoms with Gasteiger partial charge >= 0.3 is 0 Å². The summed E-state index contributed by atoms with van der Waals surface area (Å²) < 4.78 is 26.0. The van der Waals surface area contributed by atoms with Crippen LogP contribution in [0.2, 0.25) is 0 Å². The molecule has 0 unspecified atom stereocenters. The van der Waals surface area contributed by atoms with Crippen LogP contribution >= 0.6 is 0 Å². The SMILES string of the molecule is CC(C)(CC(=O)NCCS(=O)(=O)N1CCCCC1)c1ccccc1. The largest absolute Gasteiger partial charge is 0.355 e. The molecule has 0 radical (unpaired) electrons. The maximum absolute atomic E-state index is 12.2. The Labute approximate surface area is 145 Å². The van der Waals surface area contributed by atoms with E-state index in [-0.39, 0.29) is 23.6 Å². The zero-order valence-electron chi connectivity index (χ0n) is 14.6. The molecule has 1 heterocycles. The van der Waals surface area contributed by atoms with Crippen LogP contribution < -0.4 is 5.32 Å². The Bertz CT molecular complexity index is 635. The second-order valence-electron chi connectivity index (χ2n) is 7.05. The van der Waals surface area contributed by atoms with Crippen LogP contribution in [0.25, 0.3) is 0 Å². The number of sulfonamides is 1. The van der Waals surface area contributed by atoms with Crippen LogP contribution in [-0.4, -0.2) is 44.0 Å². The van der Waals surface area contributed by atoms with Crippen LogP contribution in [0.4, 0.5) is 0 Å². The lowest BCUT2D eigenvalue weighted by atomic mass is 9.81. The Morgan fingerprint density at radius 1 is 1.12 bits per heavy atom. The number of rotatable bonds is 7. The molecule has 6 heteroatoms. The van der Waals surface area contributed by atoms with Crippen molar-refractivity contribution in [3.63, 3.8) is 0 Å². The Hall–Kier alpha value is -1.40. The molecule has 0 bridgehead atoms. The number of carbonyl (C=O) groups is 1. The highest BCUT2D eigenvalue weighted by Gasteiger charge is 2.26. The minimum Gasteiger partial charge on any atom is -0.355 e. The molecule has 1 aliphatic heterocycles. The third kappa shape index (κ3) is 5.31. The smallest absolute Gasteiger partial charge is 0.220 e. The van der Waals surface area contributed by atoms with Crippen molar-refractivity contribution in [1.29, 1.82) is 0 Å². The van der Waals surface area contributed by atoms with Gasteiger partial charge in [-0.2, -0.15) is 0 Å². The number of hydrogen-bond donors (Lipinski definition) is 1. The zero-order valence-corrected chi connectivity index (χ0v) is 15.4. The normalized spacial score (nSPS) is 16.8. The number of amides is 1. The summed E-state index contributed by atoms with van der Waals surface area (Å²) in [6.07, 6.45) is 3.28. The summed E-state index contributed by atoms with van der Waals surface area (Å²) >= 11 is 0. The molecule has 5 nitrogen and oxygen atoms in total. The quantitative estimate of drug-likeness (QED) is 0.819. The first kappa shape index (κ1) is 18.9. The standard InChI is InChI=1S/C18H28N2O3S/c1-18(2,16-9-5-3-6-10-16)15-17(21)19-11-14-24(22,23)20-12-7-4-8-13-20/h3,5-6,9-10H,4,7-8,11-15H2,1-2H3,(H,19,21). The fourth-order valence-electron chi connectivity index (χ4n) is 3.05. The molecule has 0 aromatic heterocycles. The average molecular weight is 353 g/mol. The van der Waals surface area contributed by atoms with Crippen LogP contribution in [0, 0.1) is 0 Å². The van der Waals surface area contributed by atoms with Gasteiger partial charge in [0.1, 0.15) is 0 Å². The summed E-state index contributed by atoms with van der Waals surface area (Å²) in [7, 11) is -3.26. The predicted molar refractivity (Wildman–Crippen MR) is 96.3 cm³/mol. The molecule has 0 saturated carbocycles. The minimum absolute atomic E-state index is 0.0233. The third-order valence-electron chi connectivity index (χ3n) is 4.55. The zero-order chi connectivity index (χ0) is 17.6. The Morgan fingerprint density at radius 3 is 2.38 bits per heavy atom. The van der Waals surface area contributed by atoms with Crippen molar-refractivity contribution in [1.82, 2.24) is 9.62 Å². The van der Waals surface area contributed by atoms with Gasteiger partial charge in [0.15, 0.2) is 0 Å². The minimum atomic E-state index is -3.26. The number of benzene rings is 1. The summed E-state index contributed by atoms with van der Waals surface area (Å²) in [6, 6.07) is 9.88. The number of carbonyl (C=O) groups excluding carboxylic acids is 1. The molecule has 1 saturated heterocycles. The topological polar surface area (TPSA) is 66.5 Å². The van der Waals surface area contributed by atoms with Crippen LogP contribution in [-0.2, 0) is 20.2 Å². The molecule has 1 aromatic rings. The van der Waals surface area contributed by atoms with Crippen molar-refractivity contribution in [3.05, 3.63) is 35.9 Å². The van der Waals surface area contributed by atoms with Gasteiger partial charge in [0.2, 0.25) is 15.9 Å². The van der Waals surface area contributed by atoms with E-state index in [9.17, 15) is 13.2 Å². The molecule has 1 aliphatic rings. The van der Waals surface area contributed by atoms with E-state index in [1.165, 1.54) is 0 Å². The van der Waals surface area contributed by atoms with Gasteiger partial charge in [-0.1, -0.05) is 50.6 Å². The number of nitrogens with zero attached hydrogens (tertiary/aromatic N) is 1. The van der Waals surface area contributed by atoms with Crippen LogP contribution in [0.5, 0.6) is 0 Å². The van der Waals surface area contributed by atoms with E-state index >= 15 is 0 Å². The first-order valence-electron chi connectivity index (χ1n) is 8.61. The number of hydrogen-bond acceptors (Lipinski definition) is 3. The van der Waals surface area contributed by atoms with E-state index in [0.717, 1.165) is 24.8 Å². The molecule has 1 amide bonds. The van der Waals surface area contributed by atoms with Gasteiger partial charge in [-0.25, -0.2) is 12.7 Å². The highest BCUT2D eigenvalue weighted by molar-refractivity contribution is 7.89. The number of piperidine rings is 1. The molecule has 1 aromatic carbocycles. The van der Waals surface area contributed by atoms with Crippen molar-refractivity contribution in [3.8, 4) is 0 Å². The average Bonchev–Trinajstić information content (AvgIpc) is 2.56.